The molecule has 5 heteroatoms. The highest BCUT2D eigenvalue weighted by atomic mass is 32.1. The fourth-order valence-corrected chi connectivity index (χ4v) is 2.38. The third-order valence-corrected chi connectivity index (χ3v) is 3.56. The van der Waals surface area contributed by atoms with Crippen LogP contribution in [0, 0.1) is 6.92 Å². The van der Waals surface area contributed by atoms with Gasteiger partial charge in [0.1, 0.15) is 0 Å². The molecule has 100 valence electrons. The number of aromatic nitrogens is 1. The van der Waals surface area contributed by atoms with Crippen molar-refractivity contribution in [2.24, 2.45) is 5.73 Å². The Bertz CT molecular complexity index is 566. The molecule has 0 fully saturated rings. The van der Waals surface area contributed by atoms with Gasteiger partial charge in [-0.15, -0.1) is 0 Å². The number of hydrogen-bond donors (Lipinski definition) is 2. The lowest BCUT2D eigenvalue weighted by Crippen LogP contribution is -2.38. The van der Waals surface area contributed by atoms with Crippen molar-refractivity contribution in [1.29, 1.82) is 0 Å². The average molecular weight is 275 g/mol. The van der Waals surface area contributed by atoms with Crippen LogP contribution in [0.2, 0.25) is 0 Å². The summed E-state index contributed by atoms with van der Waals surface area (Å²) in [6, 6.07) is 5.66. The summed E-state index contributed by atoms with van der Waals surface area (Å²) in [6.07, 6.45) is 0. The second-order valence-corrected chi connectivity index (χ2v) is 5.23. The predicted octanol–water partition coefficient (Wildman–Crippen LogP) is 2.20. The first kappa shape index (κ1) is 13.7. The normalized spacial score (nSPS) is 12.2. The van der Waals surface area contributed by atoms with E-state index in [0.29, 0.717) is 12.1 Å². The van der Waals surface area contributed by atoms with Crippen molar-refractivity contribution in [3.05, 3.63) is 40.2 Å². The lowest BCUT2D eigenvalue weighted by molar-refractivity contribution is 0.0940. The molecule has 3 N–H and O–H groups in total. The molecule has 0 radical (unpaired) electrons. The van der Waals surface area contributed by atoms with Gasteiger partial charge in [-0.1, -0.05) is 0 Å². The van der Waals surface area contributed by atoms with E-state index in [4.69, 9.17) is 5.73 Å². The number of nitrogens with zero attached hydrogens (tertiary/aromatic N) is 1. The van der Waals surface area contributed by atoms with Crippen LogP contribution < -0.4 is 11.1 Å². The van der Waals surface area contributed by atoms with E-state index in [1.807, 2.05) is 42.8 Å². The van der Waals surface area contributed by atoms with Crippen LogP contribution in [-0.2, 0) is 0 Å². The number of aryl methyl sites for hydroxylation is 1. The van der Waals surface area contributed by atoms with Crippen LogP contribution in [0.15, 0.2) is 29.0 Å². The Kier molecular flexibility index (Phi) is 4.29. The molecule has 0 saturated carbocycles. The minimum Gasteiger partial charge on any atom is -0.348 e. The Morgan fingerprint density at radius 1 is 1.47 bits per heavy atom. The van der Waals surface area contributed by atoms with Crippen molar-refractivity contribution in [3.8, 4) is 11.3 Å². The summed E-state index contributed by atoms with van der Waals surface area (Å²) in [6.45, 7) is 4.14. The number of carbonyl (C=O) groups excluding carboxylic acids is 1. The summed E-state index contributed by atoms with van der Waals surface area (Å²) < 4.78 is 0. The molecule has 0 spiro atoms. The van der Waals surface area contributed by atoms with E-state index in [1.165, 1.54) is 0 Å². The molecule has 19 heavy (non-hydrogen) atoms. The summed E-state index contributed by atoms with van der Waals surface area (Å²) in [5, 5.41) is 6.89. The van der Waals surface area contributed by atoms with Gasteiger partial charge in [0.2, 0.25) is 0 Å². The van der Waals surface area contributed by atoms with Gasteiger partial charge in [-0.05, 0) is 37.4 Å². The molecule has 0 aliphatic heterocycles. The van der Waals surface area contributed by atoms with Crippen LogP contribution in [0.5, 0.6) is 0 Å². The average Bonchev–Trinajstić information content (AvgIpc) is 2.92. The fraction of sp³-hybridized carbons (Fsp3) is 0.286. The zero-order valence-corrected chi connectivity index (χ0v) is 11.8. The number of pyridine rings is 1. The van der Waals surface area contributed by atoms with Crippen molar-refractivity contribution in [3.63, 3.8) is 0 Å². The molecule has 2 aromatic heterocycles. The molecule has 0 aliphatic rings. The lowest BCUT2D eigenvalue weighted by atomic mass is 10.1. The van der Waals surface area contributed by atoms with Crippen LogP contribution in [0.4, 0.5) is 0 Å². The van der Waals surface area contributed by atoms with Crippen LogP contribution >= 0.6 is 11.3 Å². The van der Waals surface area contributed by atoms with Crippen LogP contribution in [0.1, 0.15) is 23.0 Å². The molecule has 0 unspecified atom stereocenters. The molecule has 2 aromatic rings. The van der Waals surface area contributed by atoms with Gasteiger partial charge in [-0.25, -0.2) is 0 Å². The van der Waals surface area contributed by atoms with Gasteiger partial charge >= 0.3 is 0 Å². The second kappa shape index (κ2) is 5.95. The van der Waals surface area contributed by atoms with Crippen molar-refractivity contribution in [1.82, 2.24) is 10.3 Å². The zero-order chi connectivity index (χ0) is 13.8. The molecule has 0 bridgehead atoms. The van der Waals surface area contributed by atoms with Crippen LogP contribution in [0.3, 0.4) is 0 Å². The molecule has 4 nitrogen and oxygen atoms in total. The number of thiophene rings is 1. The number of amides is 1. The predicted molar refractivity (Wildman–Crippen MR) is 78.3 cm³/mol. The Morgan fingerprint density at radius 2 is 2.26 bits per heavy atom. The molecule has 1 amide bonds. The van der Waals surface area contributed by atoms with Crippen molar-refractivity contribution in [2.45, 2.75) is 19.9 Å². The van der Waals surface area contributed by atoms with E-state index < -0.39 is 0 Å². The maximum atomic E-state index is 12.0. The van der Waals surface area contributed by atoms with E-state index in [9.17, 15) is 4.79 Å². The van der Waals surface area contributed by atoms with Gasteiger partial charge in [0.25, 0.3) is 5.91 Å². The van der Waals surface area contributed by atoms with Gasteiger partial charge in [0.15, 0.2) is 0 Å². The van der Waals surface area contributed by atoms with Crippen LogP contribution in [0.25, 0.3) is 11.3 Å². The van der Waals surface area contributed by atoms with Gasteiger partial charge in [0, 0.05) is 23.5 Å². The van der Waals surface area contributed by atoms with E-state index in [-0.39, 0.29) is 11.9 Å². The Balaban J connectivity index is 2.22. The molecule has 0 aliphatic carbocycles. The maximum absolute atomic E-state index is 12.0. The standard InChI is InChI=1S/C14H17N3OS/c1-9(7-15)16-14(18)12-3-4-13(17-10(12)2)11-5-6-19-8-11/h3-6,8-9H,7,15H2,1-2H3,(H,16,18)/t9-/m0/s1. The Morgan fingerprint density at radius 3 is 2.84 bits per heavy atom. The van der Waals surface area contributed by atoms with E-state index in [2.05, 4.69) is 10.3 Å². The highest BCUT2D eigenvalue weighted by Crippen LogP contribution is 2.21. The summed E-state index contributed by atoms with van der Waals surface area (Å²) >= 11 is 1.63. The Hall–Kier alpha value is -1.72. The molecule has 2 heterocycles. The second-order valence-electron chi connectivity index (χ2n) is 4.45. The third kappa shape index (κ3) is 3.19. The summed E-state index contributed by atoms with van der Waals surface area (Å²) in [7, 11) is 0. The maximum Gasteiger partial charge on any atom is 0.253 e. The van der Waals surface area contributed by atoms with Crippen molar-refractivity contribution >= 4 is 17.2 Å². The molecular weight excluding hydrogens is 258 g/mol. The minimum absolute atomic E-state index is 0.0385. The van der Waals surface area contributed by atoms with Gasteiger partial charge in [-0.3, -0.25) is 9.78 Å². The zero-order valence-electron chi connectivity index (χ0n) is 11.0. The monoisotopic (exact) mass is 275 g/mol. The van der Waals surface area contributed by atoms with Crippen molar-refractivity contribution < 1.29 is 4.79 Å². The van der Waals surface area contributed by atoms with E-state index >= 15 is 0 Å². The van der Waals surface area contributed by atoms with E-state index in [0.717, 1.165) is 17.0 Å². The number of nitrogens with one attached hydrogen (secondary N) is 1. The lowest BCUT2D eigenvalue weighted by Gasteiger charge is -2.12. The first-order valence-electron chi connectivity index (χ1n) is 6.13. The third-order valence-electron chi connectivity index (χ3n) is 2.88. The fourth-order valence-electron chi connectivity index (χ4n) is 1.73. The minimum atomic E-state index is -0.125. The summed E-state index contributed by atoms with van der Waals surface area (Å²) in [5.74, 6) is -0.125. The molecular formula is C14H17N3OS. The molecule has 0 aromatic carbocycles. The smallest absolute Gasteiger partial charge is 0.253 e. The van der Waals surface area contributed by atoms with Gasteiger partial charge < -0.3 is 11.1 Å². The van der Waals surface area contributed by atoms with Gasteiger partial charge in [-0.2, -0.15) is 11.3 Å². The summed E-state index contributed by atoms with van der Waals surface area (Å²) in [5.41, 5.74) is 8.79. The SMILES string of the molecule is Cc1nc(-c2ccsc2)ccc1C(=O)N[C@@H](C)CN. The van der Waals surface area contributed by atoms with E-state index in [1.54, 1.807) is 11.3 Å². The topological polar surface area (TPSA) is 68.0 Å². The Labute approximate surface area is 116 Å². The number of nitrogens with two attached hydrogens (primary N) is 1. The first-order valence-corrected chi connectivity index (χ1v) is 7.07. The number of carbonyl (C=O) groups is 1. The number of rotatable bonds is 4. The van der Waals surface area contributed by atoms with Gasteiger partial charge in [0.05, 0.1) is 17.0 Å². The van der Waals surface area contributed by atoms with Crippen molar-refractivity contribution in [2.75, 3.05) is 6.54 Å². The highest BCUT2D eigenvalue weighted by Gasteiger charge is 2.13. The number of hydrogen-bond acceptors (Lipinski definition) is 4. The first-order chi connectivity index (χ1) is 9.11. The summed E-state index contributed by atoms with van der Waals surface area (Å²) in [4.78, 5) is 16.5. The van der Waals surface area contributed by atoms with Crippen LogP contribution in [-0.4, -0.2) is 23.5 Å². The quantitative estimate of drug-likeness (QED) is 0.898. The molecule has 2 rings (SSSR count). The highest BCUT2D eigenvalue weighted by molar-refractivity contribution is 7.08. The largest absolute Gasteiger partial charge is 0.348 e. The molecule has 0 saturated heterocycles. The molecule has 1 atom stereocenters.